The van der Waals surface area contributed by atoms with E-state index in [0.29, 0.717) is 6.04 Å². The molecule has 0 radical (unpaired) electrons. The average molecular weight is 272 g/mol. The highest BCUT2D eigenvalue weighted by Crippen LogP contribution is 2.41. The van der Waals surface area contributed by atoms with Crippen LogP contribution >= 0.6 is 0 Å². The van der Waals surface area contributed by atoms with Gasteiger partial charge in [-0.25, -0.2) is 0 Å². The van der Waals surface area contributed by atoms with Crippen molar-refractivity contribution in [3.05, 3.63) is 34.9 Å². The number of rotatable bonds is 2. The lowest BCUT2D eigenvalue weighted by molar-refractivity contribution is 0.134. The molecule has 1 N–H and O–H groups in total. The highest BCUT2D eigenvalue weighted by Gasteiger charge is 2.32. The second kappa shape index (κ2) is 5.96. The van der Waals surface area contributed by atoms with E-state index < -0.39 is 0 Å². The van der Waals surface area contributed by atoms with Crippen molar-refractivity contribution in [2.24, 2.45) is 11.1 Å². The summed E-state index contributed by atoms with van der Waals surface area (Å²) >= 11 is 0. The van der Waals surface area contributed by atoms with Gasteiger partial charge in [-0.05, 0) is 55.0 Å². The monoisotopic (exact) mass is 272 g/mol. The standard InChI is InChI=1S/C17H24N2O/c1-19-10-9-14-8-7-13(12-18-20)11-16(14)17(19)15-5-3-2-4-6-15/h7-8,11-12,15,17,20H,2-6,9-10H2,1H3/b18-12-. The van der Waals surface area contributed by atoms with E-state index in [1.54, 1.807) is 0 Å². The molecule has 0 saturated heterocycles. The van der Waals surface area contributed by atoms with Crippen molar-refractivity contribution in [1.29, 1.82) is 0 Å². The van der Waals surface area contributed by atoms with Crippen molar-refractivity contribution in [2.75, 3.05) is 13.6 Å². The molecule has 0 aromatic heterocycles. The number of likely N-dealkylation sites (N-methyl/N-ethyl adjacent to an activating group) is 1. The Balaban J connectivity index is 1.95. The topological polar surface area (TPSA) is 35.8 Å². The van der Waals surface area contributed by atoms with Gasteiger partial charge in [-0.15, -0.1) is 0 Å². The van der Waals surface area contributed by atoms with E-state index in [9.17, 15) is 0 Å². The summed E-state index contributed by atoms with van der Waals surface area (Å²) in [6.45, 7) is 1.15. The Morgan fingerprint density at radius 2 is 2.05 bits per heavy atom. The minimum Gasteiger partial charge on any atom is -0.411 e. The highest BCUT2D eigenvalue weighted by atomic mass is 16.4. The van der Waals surface area contributed by atoms with Crippen molar-refractivity contribution in [3.8, 4) is 0 Å². The molecule has 1 atom stereocenters. The maximum absolute atomic E-state index is 8.75. The van der Waals surface area contributed by atoms with Gasteiger partial charge in [0.15, 0.2) is 0 Å². The van der Waals surface area contributed by atoms with Crippen LogP contribution in [0.3, 0.4) is 0 Å². The fourth-order valence-electron chi connectivity index (χ4n) is 4.00. The molecule has 1 aromatic carbocycles. The molecule has 0 spiro atoms. The van der Waals surface area contributed by atoms with Crippen LogP contribution in [0.5, 0.6) is 0 Å². The first-order valence-corrected chi connectivity index (χ1v) is 7.80. The summed E-state index contributed by atoms with van der Waals surface area (Å²) in [5, 5.41) is 11.9. The maximum atomic E-state index is 8.75. The summed E-state index contributed by atoms with van der Waals surface area (Å²) in [7, 11) is 2.26. The molecule has 108 valence electrons. The molecule has 1 heterocycles. The second-order valence-corrected chi connectivity index (χ2v) is 6.28. The number of nitrogens with zero attached hydrogens (tertiary/aromatic N) is 2. The molecule has 3 heteroatoms. The Kier molecular flexibility index (Phi) is 4.06. The van der Waals surface area contributed by atoms with Gasteiger partial charge in [0.05, 0.1) is 6.21 Å². The Bertz CT molecular complexity index is 492. The third-order valence-electron chi connectivity index (χ3n) is 5.00. The molecule has 3 nitrogen and oxygen atoms in total. The zero-order valence-electron chi connectivity index (χ0n) is 12.3. The molecule has 1 aliphatic heterocycles. The van der Waals surface area contributed by atoms with E-state index in [2.05, 4.69) is 35.3 Å². The third kappa shape index (κ3) is 2.59. The van der Waals surface area contributed by atoms with E-state index in [-0.39, 0.29) is 0 Å². The van der Waals surface area contributed by atoms with Crippen LogP contribution in [0.15, 0.2) is 23.4 Å². The fraction of sp³-hybridized carbons (Fsp3) is 0.588. The number of fused-ring (bicyclic) bond motifs is 1. The first kappa shape index (κ1) is 13.6. The normalized spacial score (nSPS) is 24.9. The van der Waals surface area contributed by atoms with Crippen LogP contribution in [0, 0.1) is 5.92 Å². The van der Waals surface area contributed by atoms with Crippen molar-refractivity contribution in [1.82, 2.24) is 4.90 Å². The molecular formula is C17H24N2O. The van der Waals surface area contributed by atoms with Gasteiger partial charge in [0, 0.05) is 12.6 Å². The van der Waals surface area contributed by atoms with Gasteiger partial charge < -0.3 is 5.21 Å². The van der Waals surface area contributed by atoms with Gasteiger partial charge in [-0.3, -0.25) is 4.90 Å². The summed E-state index contributed by atoms with van der Waals surface area (Å²) in [4.78, 5) is 2.53. The van der Waals surface area contributed by atoms with Gasteiger partial charge in [-0.2, -0.15) is 0 Å². The van der Waals surface area contributed by atoms with Crippen molar-refractivity contribution < 1.29 is 5.21 Å². The maximum Gasteiger partial charge on any atom is 0.0733 e. The Labute approximate surface area is 121 Å². The average Bonchev–Trinajstić information content (AvgIpc) is 2.48. The Morgan fingerprint density at radius 1 is 1.25 bits per heavy atom. The molecule has 1 aromatic rings. The lowest BCUT2D eigenvalue weighted by Gasteiger charge is -2.41. The van der Waals surface area contributed by atoms with Crippen LogP contribution in [0.25, 0.3) is 0 Å². The van der Waals surface area contributed by atoms with E-state index in [1.807, 2.05) is 0 Å². The summed E-state index contributed by atoms with van der Waals surface area (Å²) < 4.78 is 0. The van der Waals surface area contributed by atoms with Crippen LogP contribution in [0.2, 0.25) is 0 Å². The molecule has 1 fully saturated rings. The lowest BCUT2D eigenvalue weighted by Crippen LogP contribution is -2.37. The molecule has 1 unspecified atom stereocenters. The van der Waals surface area contributed by atoms with Gasteiger partial charge in [0.1, 0.15) is 0 Å². The quantitative estimate of drug-likeness (QED) is 0.507. The largest absolute Gasteiger partial charge is 0.411 e. The van der Waals surface area contributed by atoms with E-state index in [1.165, 1.54) is 49.4 Å². The molecule has 20 heavy (non-hydrogen) atoms. The van der Waals surface area contributed by atoms with E-state index in [0.717, 1.165) is 24.4 Å². The molecule has 3 rings (SSSR count). The van der Waals surface area contributed by atoms with Gasteiger partial charge >= 0.3 is 0 Å². The molecule has 1 aliphatic carbocycles. The number of oxime groups is 1. The number of hydrogen-bond donors (Lipinski definition) is 1. The van der Waals surface area contributed by atoms with E-state index >= 15 is 0 Å². The minimum absolute atomic E-state index is 0.547. The van der Waals surface area contributed by atoms with Gasteiger partial charge in [0.2, 0.25) is 0 Å². The molecule has 0 amide bonds. The zero-order chi connectivity index (χ0) is 13.9. The van der Waals surface area contributed by atoms with Crippen molar-refractivity contribution in [2.45, 2.75) is 44.6 Å². The molecule has 0 bridgehead atoms. The van der Waals surface area contributed by atoms with Crippen LogP contribution in [-0.2, 0) is 6.42 Å². The first-order chi connectivity index (χ1) is 9.79. The fourth-order valence-corrected chi connectivity index (χ4v) is 4.00. The summed E-state index contributed by atoms with van der Waals surface area (Å²) in [5.41, 5.74) is 3.94. The summed E-state index contributed by atoms with van der Waals surface area (Å²) in [6, 6.07) is 7.05. The zero-order valence-corrected chi connectivity index (χ0v) is 12.3. The van der Waals surface area contributed by atoms with Crippen LogP contribution in [0.4, 0.5) is 0 Å². The Morgan fingerprint density at radius 3 is 2.80 bits per heavy atom. The second-order valence-electron chi connectivity index (χ2n) is 6.28. The lowest BCUT2D eigenvalue weighted by atomic mass is 9.77. The smallest absolute Gasteiger partial charge is 0.0733 e. The highest BCUT2D eigenvalue weighted by molar-refractivity contribution is 5.79. The number of hydrogen-bond acceptors (Lipinski definition) is 3. The molecular weight excluding hydrogens is 248 g/mol. The SMILES string of the molecule is CN1CCc2ccc(/C=N\O)cc2C1C1CCCCC1. The van der Waals surface area contributed by atoms with Crippen LogP contribution in [0.1, 0.15) is 54.8 Å². The van der Waals surface area contributed by atoms with E-state index in [4.69, 9.17) is 5.21 Å². The van der Waals surface area contributed by atoms with Crippen molar-refractivity contribution >= 4 is 6.21 Å². The van der Waals surface area contributed by atoms with Crippen LogP contribution in [-0.4, -0.2) is 29.9 Å². The van der Waals surface area contributed by atoms with Gasteiger partial charge in [0.25, 0.3) is 0 Å². The first-order valence-electron chi connectivity index (χ1n) is 7.80. The molecule has 2 aliphatic rings. The predicted molar refractivity (Wildman–Crippen MR) is 81.5 cm³/mol. The minimum atomic E-state index is 0.547. The van der Waals surface area contributed by atoms with Crippen molar-refractivity contribution in [3.63, 3.8) is 0 Å². The summed E-state index contributed by atoms with van der Waals surface area (Å²) in [5.74, 6) is 0.786. The number of benzene rings is 1. The Hall–Kier alpha value is -1.35. The van der Waals surface area contributed by atoms with Crippen LogP contribution < -0.4 is 0 Å². The predicted octanol–water partition coefficient (Wildman–Crippen LogP) is 3.60. The molecule has 1 saturated carbocycles. The van der Waals surface area contributed by atoms with Gasteiger partial charge in [-0.1, -0.05) is 36.6 Å². The summed E-state index contributed by atoms with van der Waals surface area (Å²) in [6.07, 6.45) is 9.53. The third-order valence-corrected chi connectivity index (χ3v) is 5.00.